The first-order valence-electron chi connectivity index (χ1n) is 9.35. The zero-order valence-electron chi connectivity index (χ0n) is 16.5. The summed E-state index contributed by atoms with van der Waals surface area (Å²) in [6.45, 7) is 0.0546. The van der Waals surface area contributed by atoms with Crippen LogP contribution in [-0.4, -0.2) is 26.7 Å². The smallest absolute Gasteiger partial charge is 0.244 e. The Kier molecular flexibility index (Phi) is 6.80. The van der Waals surface area contributed by atoms with E-state index in [-0.39, 0.29) is 18.3 Å². The van der Waals surface area contributed by atoms with E-state index in [2.05, 4.69) is 15.3 Å². The Hall–Kier alpha value is -2.55. The Balaban J connectivity index is 1.58. The first-order chi connectivity index (χ1) is 15.0. The van der Waals surface area contributed by atoms with Crippen molar-refractivity contribution < 1.29 is 9.18 Å². The number of pyridine rings is 1. The number of carbonyl (C=O) groups is 1. The van der Waals surface area contributed by atoms with E-state index in [1.807, 2.05) is 30.5 Å². The summed E-state index contributed by atoms with van der Waals surface area (Å²) in [7, 11) is 0. The Morgan fingerprint density at radius 1 is 1.23 bits per heavy atom. The zero-order chi connectivity index (χ0) is 21.8. The van der Waals surface area contributed by atoms with Crippen molar-refractivity contribution in [1.82, 2.24) is 14.5 Å². The minimum Gasteiger partial charge on any atom is -0.324 e. The molecule has 0 fully saturated rings. The molecule has 2 heterocycles. The molecule has 1 amide bonds. The molecule has 0 bridgehead atoms. The fourth-order valence-corrected chi connectivity index (χ4v) is 4.88. The lowest BCUT2D eigenvalue weighted by molar-refractivity contribution is -0.116. The number of thioether (sulfide) groups is 2. The number of benzene rings is 2. The van der Waals surface area contributed by atoms with Crippen LogP contribution in [0, 0.1) is 5.82 Å². The maximum absolute atomic E-state index is 14.2. The predicted molar refractivity (Wildman–Crippen MR) is 125 cm³/mol. The number of nitrogens with zero attached hydrogens (tertiary/aromatic N) is 3. The summed E-state index contributed by atoms with van der Waals surface area (Å²) in [5.74, 6) is -0.262. The van der Waals surface area contributed by atoms with Crippen LogP contribution in [0.4, 0.5) is 10.1 Å². The minimum absolute atomic E-state index is 0.0546. The van der Waals surface area contributed by atoms with Crippen LogP contribution in [0.25, 0.3) is 11.0 Å². The van der Waals surface area contributed by atoms with Crippen LogP contribution in [0.2, 0.25) is 5.02 Å². The topological polar surface area (TPSA) is 59.8 Å². The van der Waals surface area contributed by atoms with Crippen LogP contribution in [0.1, 0.15) is 5.56 Å². The second kappa shape index (κ2) is 9.72. The van der Waals surface area contributed by atoms with Gasteiger partial charge < -0.3 is 9.88 Å². The Bertz CT molecular complexity index is 1230. The number of anilines is 1. The summed E-state index contributed by atoms with van der Waals surface area (Å²) in [5.41, 5.74) is 2.59. The SMILES string of the molecule is CSc1cccc(NC(=O)Cn2c(SCc3c(F)cccc3Cl)nc3ccncc32)c1. The lowest BCUT2D eigenvalue weighted by Gasteiger charge is -2.11. The van der Waals surface area contributed by atoms with Crippen LogP contribution >= 0.6 is 35.1 Å². The summed E-state index contributed by atoms with van der Waals surface area (Å²) >= 11 is 9.09. The van der Waals surface area contributed by atoms with Gasteiger partial charge in [0.15, 0.2) is 5.16 Å². The van der Waals surface area contributed by atoms with E-state index in [0.29, 0.717) is 27.0 Å². The molecule has 2 aromatic carbocycles. The standard InChI is InChI=1S/C22H18ClFN4OS2/c1-30-15-5-2-4-14(10-15)26-21(29)12-28-20-11-25-9-8-19(20)27-22(28)31-13-16-17(23)6-3-7-18(16)24/h2-11H,12-13H2,1H3,(H,26,29). The minimum atomic E-state index is -0.365. The van der Waals surface area contributed by atoms with Gasteiger partial charge in [0, 0.05) is 33.1 Å². The molecule has 5 nitrogen and oxygen atoms in total. The summed E-state index contributed by atoms with van der Waals surface area (Å²) in [6, 6.07) is 14.0. The van der Waals surface area contributed by atoms with E-state index < -0.39 is 0 Å². The number of carbonyl (C=O) groups excluding carboxylic acids is 1. The second-order valence-corrected chi connectivity index (χ2v) is 8.84. The van der Waals surface area contributed by atoms with Gasteiger partial charge in [0.2, 0.25) is 5.91 Å². The number of amides is 1. The molecule has 0 aliphatic heterocycles. The molecule has 4 aromatic rings. The summed E-state index contributed by atoms with van der Waals surface area (Å²) in [6.07, 6.45) is 5.30. The third kappa shape index (κ3) is 5.03. The number of halogens is 2. The van der Waals surface area contributed by atoms with Crippen molar-refractivity contribution in [2.45, 2.75) is 22.3 Å². The van der Waals surface area contributed by atoms with Crippen molar-refractivity contribution in [1.29, 1.82) is 0 Å². The van der Waals surface area contributed by atoms with Crippen molar-refractivity contribution in [3.8, 4) is 0 Å². The largest absolute Gasteiger partial charge is 0.324 e. The van der Waals surface area contributed by atoms with Gasteiger partial charge in [-0.1, -0.05) is 35.5 Å². The number of aromatic nitrogens is 3. The first kappa shape index (κ1) is 21.7. The molecule has 158 valence electrons. The Morgan fingerprint density at radius 3 is 2.87 bits per heavy atom. The van der Waals surface area contributed by atoms with Gasteiger partial charge in [-0.2, -0.15) is 0 Å². The quantitative estimate of drug-likeness (QED) is 0.340. The Morgan fingerprint density at radius 2 is 2.06 bits per heavy atom. The highest BCUT2D eigenvalue weighted by atomic mass is 35.5. The van der Waals surface area contributed by atoms with Crippen LogP contribution in [0.5, 0.6) is 0 Å². The second-order valence-electron chi connectivity index (χ2n) is 6.61. The molecule has 0 unspecified atom stereocenters. The van der Waals surface area contributed by atoms with Crippen LogP contribution in [-0.2, 0) is 17.1 Å². The molecule has 0 saturated carbocycles. The average Bonchev–Trinajstić information content (AvgIpc) is 3.11. The summed E-state index contributed by atoms with van der Waals surface area (Å²) in [4.78, 5) is 22.6. The van der Waals surface area contributed by atoms with Crippen molar-refractivity contribution in [2.75, 3.05) is 11.6 Å². The number of rotatable bonds is 7. The van der Waals surface area contributed by atoms with E-state index in [1.54, 1.807) is 46.9 Å². The number of hydrogen-bond acceptors (Lipinski definition) is 5. The van der Waals surface area contributed by atoms with Gasteiger partial charge in [-0.3, -0.25) is 9.78 Å². The van der Waals surface area contributed by atoms with E-state index >= 15 is 0 Å². The van der Waals surface area contributed by atoms with Gasteiger partial charge in [-0.15, -0.1) is 11.8 Å². The van der Waals surface area contributed by atoms with Gasteiger partial charge in [0.05, 0.1) is 17.2 Å². The van der Waals surface area contributed by atoms with Crippen molar-refractivity contribution in [3.63, 3.8) is 0 Å². The van der Waals surface area contributed by atoms with E-state index in [4.69, 9.17) is 11.6 Å². The lowest BCUT2D eigenvalue weighted by Crippen LogP contribution is -2.19. The number of hydrogen-bond donors (Lipinski definition) is 1. The third-order valence-electron chi connectivity index (χ3n) is 4.58. The fourth-order valence-electron chi connectivity index (χ4n) is 3.06. The average molecular weight is 473 g/mol. The fraction of sp³-hybridized carbons (Fsp3) is 0.136. The molecule has 4 rings (SSSR count). The lowest BCUT2D eigenvalue weighted by atomic mass is 10.2. The molecule has 0 atom stereocenters. The molecule has 0 spiro atoms. The maximum atomic E-state index is 14.2. The van der Waals surface area contributed by atoms with Crippen molar-refractivity contribution >= 4 is 57.8 Å². The number of nitrogens with one attached hydrogen (secondary N) is 1. The molecule has 1 N–H and O–H groups in total. The molecular formula is C22H18ClFN4OS2. The highest BCUT2D eigenvalue weighted by Crippen LogP contribution is 2.30. The molecule has 2 aromatic heterocycles. The van der Waals surface area contributed by atoms with Crippen LogP contribution < -0.4 is 5.32 Å². The molecule has 0 aliphatic rings. The van der Waals surface area contributed by atoms with Crippen molar-refractivity contribution in [3.05, 3.63) is 77.3 Å². The molecule has 0 radical (unpaired) electrons. The number of imidazole rings is 1. The molecule has 31 heavy (non-hydrogen) atoms. The highest BCUT2D eigenvalue weighted by Gasteiger charge is 2.16. The molecule has 9 heteroatoms. The van der Waals surface area contributed by atoms with Crippen LogP contribution in [0.15, 0.2) is 71.0 Å². The van der Waals surface area contributed by atoms with Gasteiger partial charge in [-0.05, 0) is 42.7 Å². The van der Waals surface area contributed by atoms with Gasteiger partial charge in [-0.25, -0.2) is 9.37 Å². The van der Waals surface area contributed by atoms with Gasteiger partial charge in [0.1, 0.15) is 12.4 Å². The third-order valence-corrected chi connectivity index (χ3v) is 6.66. The van der Waals surface area contributed by atoms with Gasteiger partial charge in [0.25, 0.3) is 0 Å². The molecule has 0 aliphatic carbocycles. The maximum Gasteiger partial charge on any atom is 0.244 e. The molecular weight excluding hydrogens is 455 g/mol. The summed E-state index contributed by atoms with van der Waals surface area (Å²) < 4.78 is 16.0. The van der Waals surface area contributed by atoms with E-state index in [1.165, 1.54) is 17.8 Å². The van der Waals surface area contributed by atoms with E-state index in [9.17, 15) is 9.18 Å². The van der Waals surface area contributed by atoms with Crippen molar-refractivity contribution in [2.24, 2.45) is 0 Å². The summed E-state index contributed by atoms with van der Waals surface area (Å²) in [5, 5.41) is 3.88. The highest BCUT2D eigenvalue weighted by molar-refractivity contribution is 7.98. The van der Waals surface area contributed by atoms with Crippen LogP contribution in [0.3, 0.4) is 0 Å². The van der Waals surface area contributed by atoms with Gasteiger partial charge >= 0.3 is 0 Å². The predicted octanol–water partition coefficient (Wildman–Crippen LogP) is 5.88. The monoisotopic (exact) mass is 472 g/mol. The first-order valence-corrected chi connectivity index (χ1v) is 11.9. The number of fused-ring (bicyclic) bond motifs is 1. The zero-order valence-corrected chi connectivity index (χ0v) is 18.9. The Labute approximate surface area is 192 Å². The normalized spacial score (nSPS) is 11.1. The van der Waals surface area contributed by atoms with E-state index in [0.717, 1.165) is 16.1 Å². The molecule has 0 saturated heterocycles.